The normalized spacial score (nSPS) is 20.7. The van der Waals surface area contributed by atoms with Gasteiger partial charge < -0.3 is 24.3 Å². The zero-order chi connectivity index (χ0) is 30.1. The third-order valence-corrected chi connectivity index (χ3v) is 9.01. The number of benzene rings is 1. The first-order chi connectivity index (χ1) is 20.8. The number of likely N-dealkylation sites (N-methyl/N-ethyl adjacent to an activating group) is 1. The number of carbonyl (C=O) groups excluding carboxylic acids is 1. The molecule has 3 aliphatic heterocycles. The molecule has 3 aromatic rings. The van der Waals surface area contributed by atoms with Crippen molar-refractivity contribution in [1.82, 2.24) is 24.8 Å². The van der Waals surface area contributed by atoms with Crippen LogP contribution in [0.2, 0.25) is 0 Å². The van der Waals surface area contributed by atoms with E-state index >= 15 is 0 Å². The van der Waals surface area contributed by atoms with Gasteiger partial charge in [-0.15, -0.1) is 0 Å². The van der Waals surface area contributed by atoms with Crippen molar-refractivity contribution in [3.8, 4) is 12.1 Å². The Morgan fingerprint density at radius 2 is 2.02 bits per heavy atom. The minimum atomic E-state index is -1.01. The van der Waals surface area contributed by atoms with E-state index in [1.165, 1.54) is 15.8 Å². The molecular formula is C32H37FN8O2. The second-order valence-electron chi connectivity index (χ2n) is 11.7. The Morgan fingerprint density at radius 3 is 2.79 bits per heavy atom. The maximum Gasteiger partial charge on any atom is 0.318 e. The molecule has 11 heteroatoms. The lowest BCUT2D eigenvalue weighted by atomic mass is 10.0. The van der Waals surface area contributed by atoms with Crippen molar-refractivity contribution in [2.24, 2.45) is 0 Å². The van der Waals surface area contributed by atoms with Crippen molar-refractivity contribution in [3.05, 3.63) is 59.8 Å². The van der Waals surface area contributed by atoms with Crippen LogP contribution in [0.5, 0.6) is 6.01 Å². The molecule has 0 spiro atoms. The Bertz CT molecular complexity index is 1580. The first-order valence-corrected chi connectivity index (χ1v) is 14.9. The molecule has 0 bridgehead atoms. The molecule has 2 saturated heterocycles. The van der Waals surface area contributed by atoms with E-state index in [4.69, 9.17) is 14.7 Å². The van der Waals surface area contributed by atoms with E-state index in [0.29, 0.717) is 44.7 Å². The molecule has 2 fully saturated rings. The molecule has 10 nitrogen and oxygen atoms in total. The van der Waals surface area contributed by atoms with Crippen LogP contribution >= 0.6 is 0 Å². The molecule has 5 heterocycles. The number of nitrogens with zero attached hydrogens (tertiary/aromatic N) is 8. The van der Waals surface area contributed by atoms with Gasteiger partial charge in [0.05, 0.1) is 42.7 Å². The summed E-state index contributed by atoms with van der Waals surface area (Å²) in [6, 6.07) is 8.58. The van der Waals surface area contributed by atoms with Crippen LogP contribution in [0, 0.1) is 18.3 Å². The summed E-state index contributed by atoms with van der Waals surface area (Å²) in [6.45, 7) is 9.26. The summed E-state index contributed by atoms with van der Waals surface area (Å²) in [5.74, 6) is -1.01. The number of pyridine rings is 1. The van der Waals surface area contributed by atoms with E-state index < -0.39 is 17.8 Å². The van der Waals surface area contributed by atoms with Gasteiger partial charge in [-0.25, -0.2) is 4.39 Å². The third kappa shape index (κ3) is 5.71. The summed E-state index contributed by atoms with van der Waals surface area (Å²) in [6.07, 6.45) is 6.83. The van der Waals surface area contributed by atoms with Gasteiger partial charge >= 0.3 is 6.01 Å². The van der Waals surface area contributed by atoms with Crippen LogP contribution < -0.4 is 14.5 Å². The van der Waals surface area contributed by atoms with Crippen LogP contribution in [-0.4, -0.2) is 89.1 Å². The van der Waals surface area contributed by atoms with E-state index in [1.54, 1.807) is 0 Å². The lowest BCUT2D eigenvalue weighted by molar-refractivity contribution is -0.131. The molecule has 0 radical (unpaired) electrons. The Balaban J connectivity index is 1.34. The number of aryl methyl sites for hydroxylation is 1. The Morgan fingerprint density at radius 1 is 1.16 bits per heavy atom. The first-order valence-electron chi connectivity index (χ1n) is 14.9. The SMILES string of the molecule is C=C(F)C(=O)N1CCN(c2nc(OC[C@@H]3CCCN3C)nc3c2CCN(c2cncc4cccc([13CH3])c24)C3)C[C@@H]1CC#N. The molecule has 1 amide bonds. The van der Waals surface area contributed by atoms with Crippen LogP contribution in [0.3, 0.4) is 0 Å². The highest BCUT2D eigenvalue weighted by molar-refractivity contribution is 5.96. The van der Waals surface area contributed by atoms with Crippen LogP contribution in [0.25, 0.3) is 10.8 Å². The number of carbonyl (C=O) groups is 1. The Hall–Kier alpha value is -4.30. The van der Waals surface area contributed by atoms with Crippen molar-refractivity contribution in [2.75, 3.05) is 56.2 Å². The average Bonchev–Trinajstić information content (AvgIpc) is 3.43. The predicted molar refractivity (Wildman–Crippen MR) is 163 cm³/mol. The van der Waals surface area contributed by atoms with E-state index in [9.17, 15) is 14.4 Å². The van der Waals surface area contributed by atoms with Crippen LogP contribution in [0.1, 0.15) is 36.1 Å². The summed E-state index contributed by atoms with van der Waals surface area (Å²) in [5.41, 5.74) is 4.20. The van der Waals surface area contributed by atoms with Crippen molar-refractivity contribution >= 4 is 28.2 Å². The second-order valence-corrected chi connectivity index (χ2v) is 11.7. The second kappa shape index (κ2) is 12.1. The van der Waals surface area contributed by atoms with Crippen LogP contribution in [0.4, 0.5) is 15.9 Å². The average molecular weight is 586 g/mol. The molecule has 0 unspecified atom stereocenters. The summed E-state index contributed by atoms with van der Waals surface area (Å²) in [4.78, 5) is 35.0. The fourth-order valence-electron chi connectivity index (χ4n) is 6.67. The fourth-order valence-corrected chi connectivity index (χ4v) is 6.67. The minimum Gasteiger partial charge on any atom is -0.462 e. The smallest absolute Gasteiger partial charge is 0.318 e. The van der Waals surface area contributed by atoms with Crippen LogP contribution in [0.15, 0.2) is 43.0 Å². The van der Waals surface area contributed by atoms with Gasteiger partial charge in [-0.2, -0.15) is 15.2 Å². The van der Waals surface area contributed by atoms with Crippen molar-refractivity contribution in [1.29, 1.82) is 5.26 Å². The van der Waals surface area contributed by atoms with Crippen molar-refractivity contribution in [2.45, 2.75) is 51.2 Å². The van der Waals surface area contributed by atoms with Gasteiger partial charge in [-0.1, -0.05) is 24.8 Å². The van der Waals surface area contributed by atoms with Crippen LogP contribution in [-0.2, 0) is 17.8 Å². The zero-order valence-corrected chi connectivity index (χ0v) is 24.8. The highest BCUT2D eigenvalue weighted by Gasteiger charge is 2.35. The number of rotatable bonds is 7. The minimum absolute atomic E-state index is 0.0847. The number of piperazine rings is 1. The predicted octanol–water partition coefficient (Wildman–Crippen LogP) is 3.78. The highest BCUT2D eigenvalue weighted by Crippen LogP contribution is 2.35. The van der Waals surface area contributed by atoms with E-state index in [0.717, 1.165) is 54.1 Å². The first kappa shape index (κ1) is 28.8. The fraction of sp³-hybridized carbons (Fsp3) is 0.469. The molecule has 224 valence electrons. The number of nitriles is 1. The summed E-state index contributed by atoms with van der Waals surface area (Å²) < 4.78 is 20.1. The largest absolute Gasteiger partial charge is 0.462 e. The number of anilines is 2. The molecule has 0 N–H and O–H groups in total. The number of fused-ring (bicyclic) bond motifs is 2. The Kier molecular flexibility index (Phi) is 8.13. The molecule has 3 aliphatic rings. The van der Waals surface area contributed by atoms with Gasteiger partial charge in [-0.3, -0.25) is 9.78 Å². The number of hydrogen-bond acceptors (Lipinski definition) is 9. The van der Waals surface area contributed by atoms with Gasteiger partial charge in [0.25, 0.3) is 5.91 Å². The van der Waals surface area contributed by atoms with E-state index in [1.807, 2.05) is 12.4 Å². The Labute approximate surface area is 251 Å². The molecular weight excluding hydrogens is 548 g/mol. The van der Waals surface area contributed by atoms with Crippen molar-refractivity contribution < 1.29 is 13.9 Å². The summed E-state index contributed by atoms with van der Waals surface area (Å²) >= 11 is 0. The molecule has 0 aliphatic carbocycles. The van der Waals surface area contributed by atoms with E-state index in [-0.39, 0.29) is 13.0 Å². The molecule has 0 saturated carbocycles. The molecule has 2 aromatic heterocycles. The zero-order valence-electron chi connectivity index (χ0n) is 24.8. The topological polar surface area (TPSA) is 102 Å². The number of ether oxygens (including phenoxy) is 1. The standard InChI is InChI=1S/C32H37FN8O2/c1-21-6-4-7-23-16-35-17-28(29(21)23)39-13-10-26-27(19-39)36-32(43-20-25-8-5-12-38(25)3)37-30(26)40-14-15-41(31(42)22(2)33)24(18-40)9-11-34/h4,6-7,16-17,24-25H,2,5,8-10,12-15,18-20H2,1,3H3/t24-,25-/m0/s1/i1+1. The number of aromatic nitrogens is 3. The molecule has 6 rings (SSSR count). The molecule has 1 aromatic carbocycles. The number of hydrogen-bond donors (Lipinski definition) is 0. The lowest BCUT2D eigenvalue weighted by Gasteiger charge is -2.42. The maximum absolute atomic E-state index is 13.8. The number of halogens is 1. The third-order valence-electron chi connectivity index (χ3n) is 9.01. The number of amides is 1. The van der Waals surface area contributed by atoms with Gasteiger partial charge in [0, 0.05) is 54.8 Å². The molecule has 43 heavy (non-hydrogen) atoms. The van der Waals surface area contributed by atoms with Crippen molar-refractivity contribution in [3.63, 3.8) is 0 Å². The maximum atomic E-state index is 13.8. The van der Waals surface area contributed by atoms with Gasteiger partial charge in [0.1, 0.15) is 12.4 Å². The summed E-state index contributed by atoms with van der Waals surface area (Å²) in [7, 11) is 2.11. The van der Waals surface area contributed by atoms with Gasteiger partial charge in [0.15, 0.2) is 5.83 Å². The molecule has 2 atom stereocenters. The van der Waals surface area contributed by atoms with Gasteiger partial charge in [-0.05, 0) is 45.3 Å². The van der Waals surface area contributed by atoms with Gasteiger partial charge in [0.2, 0.25) is 0 Å². The number of likely N-dealkylation sites (tertiary alicyclic amines) is 1. The highest BCUT2D eigenvalue weighted by atomic mass is 19.1. The summed E-state index contributed by atoms with van der Waals surface area (Å²) in [5, 5.41) is 11.8. The monoisotopic (exact) mass is 585 g/mol. The van der Waals surface area contributed by atoms with E-state index in [2.05, 4.69) is 64.5 Å². The lowest BCUT2D eigenvalue weighted by Crippen LogP contribution is -2.55. The quantitative estimate of drug-likeness (QED) is 0.303.